The van der Waals surface area contributed by atoms with Crippen LogP contribution in [0.15, 0.2) is 42.0 Å². The fourth-order valence-electron chi connectivity index (χ4n) is 2.47. The fraction of sp³-hybridized carbons (Fsp3) is 0.182. The number of aromatic carboxylic acids is 1. The van der Waals surface area contributed by atoms with E-state index in [0.717, 1.165) is 0 Å². The summed E-state index contributed by atoms with van der Waals surface area (Å²) < 4.78 is 15.4. The summed E-state index contributed by atoms with van der Waals surface area (Å²) in [6.45, 7) is 1.64. The molecule has 0 aromatic heterocycles. The van der Waals surface area contributed by atoms with E-state index in [9.17, 15) is 19.6 Å². The lowest BCUT2D eigenvalue weighted by Crippen LogP contribution is -2.14. The SMILES string of the molecule is CCOc1cc(/C=C(\C#N)C(=O)Nc2ccc(C(=O)O)cc2)cc(Cl)c1OCC(=O)OC. The smallest absolute Gasteiger partial charge is 0.343 e. The van der Waals surface area contributed by atoms with Crippen LogP contribution >= 0.6 is 11.6 Å². The highest BCUT2D eigenvalue weighted by Gasteiger charge is 2.16. The van der Waals surface area contributed by atoms with Crippen LogP contribution in [0.25, 0.3) is 6.08 Å². The zero-order chi connectivity index (χ0) is 23.7. The number of methoxy groups -OCH3 is 1. The Kier molecular flexibility index (Phi) is 8.63. The summed E-state index contributed by atoms with van der Waals surface area (Å²) in [5, 5.41) is 21.0. The van der Waals surface area contributed by atoms with Crippen molar-refractivity contribution in [3.8, 4) is 17.6 Å². The number of amides is 1. The van der Waals surface area contributed by atoms with Crippen LogP contribution in [0.2, 0.25) is 5.02 Å². The molecule has 0 unspecified atom stereocenters. The number of anilines is 1. The second-order valence-corrected chi connectivity index (χ2v) is 6.54. The predicted octanol–water partition coefficient (Wildman–Crippen LogP) is 3.53. The Bertz CT molecular complexity index is 1090. The molecule has 2 aromatic rings. The standard InChI is InChI=1S/C22H19ClN2O7/c1-3-31-18-10-13(9-17(23)20(18)32-12-19(26)30-2)8-15(11-24)21(27)25-16-6-4-14(5-7-16)22(28)29/h4-10H,3,12H2,1-2H3,(H,25,27)(H,28,29)/b15-8+. The van der Waals surface area contributed by atoms with Gasteiger partial charge in [-0.1, -0.05) is 11.6 Å². The molecular weight excluding hydrogens is 440 g/mol. The van der Waals surface area contributed by atoms with Crippen LogP contribution in [0.4, 0.5) is 5.69 Å². The summed E-state index contributed by atoms with van der Waals surface area (Å²) in [7, 11) is 1.22. The summed E-state index contributed by atoms with van der Waals surface area (Å²) in [5.41, 5.74) is 0.540. The molecule has 0 fully saturated rings. The largest absolute Gasteiger partial charge is 0.490 e. The van der Waals surface area contributed by atoms with E-state index in [0.29, 0.717) is 11.3 Å². The molecule has 2 aromatic carbocycles. The van der Waals surface area contributed by atoms with Gasteiger partial charge in [0, 0.05) is 5.69 Å². The Hall–Kier alpha value is -4.03. The van der Waals surface area contributed by atoms with Crippen LogP contribution < -0.4 is 14.8 Å². The minimum absolute atomic E-state index is 0.0617. The highest BCUT2D eigenvalue weighted by molar-refractivity contribution is 6.32. The number of carboxylic acid groups (broad SMARTS) is 1. The molecule has 0 spiro atoms. The van der Waals surface area contributed by atoms with Crippen molar-refractivity contribution in [3.63, 3.8) is 0 Å². The molecule has 0 aliphatic carbocycles. The Morgan fingerprint density at radius 1 is 1.19 bits per heavy atom. The molecule has 2 rings (SSSR count). The molecule has 0 radical (unpaired) electrons. The first-order valence-electron chi connectivity index (χ1n) is 9.21. The average molecular weight is 459 g/mol. The fourth-order valence-corrected chi connectivity index (χ4v) is 2.75. The number of benzene rings is 2. The molecule has 0 aliphatic rings. The number of halogens is 1. The van der Waals surface area contributed by atoms with Gasteiger partial charge in [-0.05, 0) is 55.0 Å². The lowest BCUT2D eigenvalue weighted by Gasteiger charge is -2.14. The lowest BCUT2D eigenvalue weighted by molar-refractivity contribution is -0.142. The number of rotatable bonds is 9. The van der Waals surface area contributed by atoms with Gasteiger partial charge in [-0.25, -0.2) is 9.59 Å². The van der Waals surface area contributed by atoms with Gasteiger partial charge in [-0.3, -0.25) is 4.79 Å². The summed E-state index contributed by atoms with van der Waals surface area (Å²) in [6.07, 6.45) is 1.30. The van der Waals surface area contributed by atoms with Gasteiger partial charge < -0.3 is 24.6 Å². The highest BCUT2D eigenvalue weighted by atomic mass is 35.5. The van der Waals surface area contributed by atoms with E-state index < -0.39 is 17.8 Å². The molecule has 2 N–H and O–H groups in total. The predicted molar refractivity (Wildman–Crippen MR) is 116 cm³/mol. The molecule has 0 saturated carbocycles. The second-order valence-electron chi connectivity index (χ2n) is 6.13. The van der Waals surface area contributed by atoms with Gasteiger partial charge in [-0.2, -0.15) is 5.26 Å². The molecule has 10 heteroatoms. The molecule has 0 heterocycles. The van der Waals surface area contributed by atoms with Crippen LogP contribution in [-0.2, 0) is 14.3 Å². The minimum Gasteiger partial charge on any atom is -0.490 e. The van der Waals surface area contributed by atoms with Gasteiger partial charge in [0.15, 0.2) is 18.1 Å². The number of nitrogens with one attached hydrogen (secondary N) is 1. The number of esters is 1. The second kappa shape index (κ2) is 11.4. The maximum absolute atomic E-state index is 12.5. The van der Waals surface area contributed by atoms with E-state index in [1.54, 1.807) is 6.92 Å². The zero-order valence-corrected chi connectivity index (χ0v) is 17.9. The number of hydrogen-bond acceptors (Lipinski definition) is 7. The molecule has 166 valence electrons. The number of carbonyl (C=O) groups excluding carboxylic acids is 2. The van der Waals surface area contributed by atoms with Gasteiger partial charge in [0.25, 0.3) is 5.91 Å². The summed E-state index contributed by atoms with van der Waals surface area (Å²) in [5.74, 6) is -2.06. The third-order valence-corrected chi connectivity index (χ3v) is 4.24. The van der Waals surface area contributed by atoms with Gasteiger partial charge in [0.1, 0.15) is 11.6 Å². The van der Waals surface area contributed by atoms with E-state index >= 15 is 0 Å². The number of carboxylic acids is 1. The summed E-state index contributed by atoms with van der Waals surface area (Å²) in [6, 6.07) is 10.2. The molecule has 0 saturated heterocycles. The molecule has 32 heavy (non-hydrogen) atoms. The topological polar surface area (TPSA) is 135 Å². The maximum atomic E-state index is 12.5. The number of ether oxygens (including phenoxy) is 3. The Balaban J connectivity index is 2.28. The van der Waals surface area contributed by atoms with Crippen molar-refractivity contribution >= 4 is 41.2 Å². The lowest BCUT2D eigenvalue weighted by atomic mass is 10.1. The third kappa shape index (κ3) is 6.48. The van der Waals surface area contributed by atoms with Gasteiger partial charge in [0.2, 0.25) is 0 Å². The minimum atomic E-state index is -1.10. The van der Waals surface area contributed by atoms with E-state index in [2.05, 4.69) is 10.1 Å². The van der Waals surface area contributed by atoms with Gasteiger partial charge in [-0.15, -0.1) is 0 Å². The number of hydrogen-bond donors (Lipinski definition) is 2. The van der Waals surface area contributed by atoms with Crippen molar-refractivity contribution in [2.45, 2.75) is 6.92 Å². The summed E-state index contributed by atoms with van der Waals surface area (Å²) in [4.78, 5) is 34.7. The highest BCUT2D eigenvalue weighted by Crippen LogP contribution is 2.37. The molecule has 0 atom stereocenters. The van der Waals surface area contributed by atoms with E-state index in [1.807, 2.05) is 6.07 Å². The molecular formula is C22H19ClN2O7. The summed E-state index contributed by atoms with van der Waals surface area (Å²) >= 11 is 6.26. The number of nitrogens with zero attached hydrogens (tertiary/aromatic N) is 1. The zero-order valence-electron chi connectivity index (χ0n) is 17.2. The Morgan fingerprint density at radius 2 is 1.88 bits per heavy atom. The molecule has 1 amide bonds. The molecule has 0 aliphatic heterocycles. The Morgan fingerprint density at radius 3 is 2.44 bits per heavy atom. The van der Waals surface area contributed by atoms with Crippen LogP contribution in [0, 0.1) is 11.3 Å². The van der Waals surface area contributed by atoms with Crippen molar-refractivity contribution in [3.05, 3.63) is 58.1 Å². The van der Waals surface area contributed by atoms with Gasteiger partial charge in [0.05, 0.1) is 24.3 Å². The normalized spacial score (nSPS) is 10.6. The van der Waals surface area contributed by atoms with Crippen LogP contribution in [-0.4, -0.2) is 43.3 Å². The molecule has 9 nitrogen and oxygen atoms in total. The van der Waals surface area contributed by atoms with E-state index in [4.69, 9.17) is 26.2 Å². The van der Waals surface area contributed by atoms with Crippen LogP contribution in [0.5, 0.6) is 11.5 Å². The van der Waals surface area contributed by atoms with Crippen LogP contribution in [0.1, 0.15) is 22.8 Å². The first-order chi connectivity index (χ1) is 15.3. The van der Waals surface area contributed by atoms with Crippen LogP contribution in [0.3, 0.4) is 0 Å². The first-order valence-corrected chi connectivity index (χ1v) is 9.59. The Labute approximate surface area is 188 Å². The molecule has 0 bridgehead atoms. The monoisotopic (exact) mass is 458 g/mol. The van der Waals surface area contributed by atoms with E-state index in [-0.39, 0.29) is 40.9 Å². The van der Waals surface area contributed by atoms with Crippen molar-refractivity contribution < 1.29 is 33.7 Å². The first kappa shape index (κ1) is 24.2. The third-order valence-electron chi connectivity index (χ3n) is 3.96. The maximum Gasteiger partial charge on any atom is 0.343 e. The van der Waals surface area contributed by atoms with Crippen molar-refractivity contribution in [1.82, 2.24) is 0 Å². The van der Waals surface area contributed by atoms with Crippen molar-refractivity contribution in [1.29, 1.82) is 5.26 Å². The van der Waals surface area contributed by atoms with Gasteiger partial charge >= 0.3 is 11.9 Å². The average Bonchev–Trinajstić information content (AvgIpc) is 2.77. The van der Waals surface area contributed by atoms with E-state index in [1.165, 1.54) is 49.6 Å². The number of carbonyl (C=O) groups is 3. The van der Waals surface area contributed by atoms with Crippen molar-refractivity contribution in [2.24, 2.45) is 0 Å². The number of nitriles is 1. The quantitative estimate of drug-likeness (QED) is 0.331. The van der Waals surface area contributed by atoms with Crippen molar-refractivity contribution in [2.75, 3.05) is 25.6 Å².